The first-order valence-electron chi connectivity index (χ1n) is 6.35. The first-order chi connectivity index (χ1) is 8.67. The summed E-state index contributed by atoms with van der Waals surface area (Å²) in [6.07, 6.45) is 1.10. The van der Waals surface area contributed by atoms with Gasteiger partial charge in [0.1, 0.15) is 0 Å². The zero-order chi connectivity index (χ0) is 13.1. The third kappa shape index (κ3) is 2.37. The summed E-state index contributed by atoms with van der Waals surface area (Å²) < 4.78 is 0. The number of benzene rings is 1. The second-order valence-electron chi connectivity index (χ2n) is 4.71. The lowest BCUT2D eigenvalue weighted by Crippen LogP contribution is -2.28. The number of nitrogens with two attached hydrogens (primary N) is 1. The van der Waals surface area contributed by atoms with Crippen molar-refractivity contribution in [2.75, 3.05) is 19.6 Å². The fourth-order valence-corrected chi connectivity index (χ4v) is 2.80. The SMILES string of the molecule is CCN1CCC(CN)C1c1ccc([N+](=O)[O-])cc1. The molecule has 1 aliphatic heterocycles. The van der Waals surface area contributed by atoms with E-state index in [0.29, 0.717) is 18.5 Å². The van der Waals surface area contributed by atoms with Gasteiger partial charge in [-0.1, -0.05) is 19.1 Å². The fourth-order valence-electron chi connectivity index (χ4n) is 2.80. The van der Waals surface area contributed by atoms with E-state index in [9.17, 15) is 10.1 Å². The number of rotatable bonds is 4. The highest BCUT2D eigenvalue weighted by atomic mass is 16.6. The summed E-state index contributed by atoms with van der Waals surface area (Å²) >= 11 is 0. The predicted molar refractivity (Wildman–Crippen MR) is 70.2 cm³/mol. The van der Waals surface area contributed by atoms with Gasteiger partial charge in [-0.25, -0.2) is 0 Å². The van der Waals surface area contributed by atoms with Crippen LogP contribution in [0.25, 0.3) is 0 Å². The minimum absolute atomic E-state index is 0.143. The molecule has 98 valence electrons. The highest BCUT2D eigenvalue weighted by Crippen LogP contribution is 2.36. The van der Waals surface area contributed by atoms with Crippen LogP contribution in [-0.4, -0.2) is 29.5 Å². The van der Waals surface area contributed by atoms with Crippen molar-refractivity contribution in [3.8, 4) is 0 Å². The molecule has 1 aromatic carbocycles. The molecule has 0 aromatic heterocycles. The monoisotopic (exact) mass is 249 g/mol. The average molecular weight is 249 g/mol. The molecule has 0 radical (unpaired) electrons. The average Bonchev–Trinajstić information content (AvgIpc) is 2.81. The van der Waals surface area contributed by atoms with Gasteiger partial charge in [-0.2, -0.15) is 0 Å². The van der Waals surface area contributed by atoms with E-state index in [2.05, 4.69) is 11.8 Å². The second kappa shape index (κ2) is 5.46. The third-order valence-corrected chi connectivity index (χ3v) is 3.78. The van der Waals surface area contributed by atoms with E-state index in [1.165, 1.54) is 0 Å². The third-order valence-electron chi connectivity index (χ3n) is 3.78. The van der Waals surface area contributed by atoms with Crippen molar-refractivity contribution >= 4 is 5.69 Å². The van der Waals surface area contributed by atoms with Gasteiger partial charge in [0.2, 0.25) is 0 Å². The quantitative estimate of drug-likeness (QED) is 0.653. The lowest BCUT2D eigenvalue weighted by Gasteiger charge is -2.27. The van der Waals surface area contributed by atoms with Gasteiger partial charge in [0.25, 0.3) is 5.69 Å². The van der Waals surface area contributed by atoms with Crippen molar-refractivity contribution in [3.05, 3.63) is 39.9 Å². The molecule has 1 heterocycles. The Morgan fingerprint density at radius 1 is 1.44 bits per heavy atom. The Morgan fingerprint density at radius 3 is 2.61 bits per heavy atom. The van der Waals surface area contributed by atoms with E-state index >= 15 is 0 Å². The Labute approximate surface area is 107 Å². The van der Waals surface area contributed by atoms with Gasteiger partial charge in [0, 0.05) is 18.2 Å². The lowest BCUT2D eigenvalue weighted by molar-refractivity contribution is -0.384. The summed E-state index contributed by atoms with van der Waals surface area (Å²) in [6, 6.07) is 7.18. The van der Waals surface area contributed by atoms with Gasteiger partial charge < -0.3 is 5.73 Å². The van der Waals surface area contributed by atoms with Crippen LogP contribution in [0, 0.1) is 16.0 Å². The largest absolute Gasteiger partial charge is 0.330 e. The van der Waals surface area contributed by atoms with Crippen LogP contribution in [0.3, 0.4) is 0 Å². The van der Waals surface area contributed by atoms with Crippen LogP contribution in [0.1, 0.15) is 24.9 Å². The van der Waals surface area contributed by atoms with E-state index in [0.717, 1.165) is 25.1 Å². The maximum absolute atomic E-state index is 10.6. The molecular formula is C13H19N3O2. The minimum atomic E-state index is -0.365. The van der Waals surface area contributed by atoms with Crippen LogP contribution in [-0.2, 0) is 0 Å². The molecule has 1 aromatic rings. The van der Waals surface area contributed by atoms with Crippen molar-refractivity contribution in [1.29, 1.82) is 0 Å². The van der Waals surface area contributed by atoms with Crippen LogP contribution >= 0.6 is 0 Å². The van der Waals surface area contributed by atoms with Crippen LogP contribution in [0.5, 0.6) is 0 Å². The van der Waals surface area contributed by atoms with Crippen molar-refractivity contribution in [3.63, 3.8) is 0 Å². The van der Waals surface area contributed by atoms with Crippen LogP contribution in [0.15, 0.2) is 24.3 Å². The van der Waals surface area contributed by atoms with E-state index in [1.54, 1.807) is 12.1 Å². The second-order valence-corrected chi connectivity index (χ2v) is 4.71. The first-order valence-corrected chi connectivity index (χ1v) is 6.35. The van der Waals surface area contributed by atoms with E-state index in [-0.39, 0.29) is 10.6 Å². The van der Waals surface area contributed by atoms with Crippen molar-refractivity contribution in [2.24, 2.45) is 11.7 Å². The molecule has 0 saturated carbocycles. The zero-order valence-corrected chi connectivity index (χ0v) is 10.6. The maximum atomic E-state index is 10.6. The van der Waals surface area contributed by atoms with E-state index in [4.69, 9.17) is 5.73 Å². The molecule has 2 rings (SSSR count). The summed E-state index contributed by atoms with van der Waals surface area (Å²) in [7, 11) is 0. The molecule has 2 unspecified atom stereocenters. The Kier molecular flexibility index (Phi) is 3.93. The van der Waals surface area contributed by atoms with Gasteiger partial charge in [-0.05, 0) is 37.5 Å². The number of nitrogens with zero attached hydrogens (tertiary/aromatic N) is 2. The molecule has 1 saturated heterocycles. The Balaban J connectivity index is 2.25. The van der Waals surface area contributed by atoms with Gasteiger partial charge >= 0.3 is 0 Å². The zero-order valence-electron chi connectivity index (χ0n) is 10.6. The van der Waals surface area contributed by atoms with Gasteiger partial charge in [0.05, 0.1) is 4.92 Å². The molecule has 5 heteroatoms. The van der Waals surface area contributed by atoms with Crippen molar-refractivity contribution in [1.82, 2.24) is 4.90 Å². The number of hydrogen-bond donors (Lipinski definition) is 1. The molecule has 1 aliphatic rings. The minimum Gasteiger partial charge on any atom is -0.330 e. The molecular weight excluding hydrogens is 230 g/mol. The Bertz CT molecular complexity index is 407. The van der Waals surface area contributed by atoms with Gasteiger partial charge in [-0.15, -0.1) is 0 Å². The standard InChI is InChI=1S/C13H19N3O2/c1-2-15-8-7-11(9-14)13(15)10-3-5-12(6-4-10)16(17)18/h3-6,11,13H,2,7-9,14H2,1H3. The smallest absolute Gasteiger partial charge is 0.269 e. The molecule has 0 aliphatic carbocycles. The number of nitro groups is 1. The Hall–Kier alpha value is -1.46. The molecule has 0 amide bonds. The van der Waals surface area contributed by atoms with Gasteiger partial charge in [0.15, 0.2) is 0 Å². The first kappa shape index (κ1) is 13.0. The summed E-state index contributed by atoms with van der Waals surface area (Å²) in [4.78, 5) is 12.7. The highest BCUT2D eigenvalue weighted by Gasteiger charge is 2.33. The highest BCUT2D eigenvalue weighted by molar-refractivity contribution is 5.34. The normalized spacial score (nSPS) is 24.3. The molecule has 5 nitrogen and oxygen atoms in total. The van der Waals surface area contributed by atoms with Crippen LogP contribution < -0.4 is 5.73 Å². The lowest BCUT2D eigenvalue weighted by atomic mass is 9.93. The maximum Gasteiger partial charge on any atom is 0.269 e. The summed E-state index contributed by atoms with van der Waals surface area (Å²) in [5, 5.41) is 10.6. The van der Waals surface area contributed by atoms with E-state index in [1.807, 2.05) is 12.1 Å². The van der Waals surface area contributed by atoms with Crippen molar-refractivity contribution < 1.29 is 4.92 Å². The van der Waals surface area contributed by atoms with Gasteiger partial charge in [-0.3, -0.25) is 15.0 Å². The number of non-ortho nitro benzene ring substituents is 1. The number of nitro benzene ring substituents is 1. The fraction of sp³-hybridized carbons (Fsp3) is 0.538. The molecule has 1 fully saturated rings. The molecule has 2 N–H and O–H groups in total. The topological polar surface area (TPSA) is 72.4 Å². The summed E-state index contributed by atoms with van der Waals surface area (Å²) in [6.45, 7) is 4.84. The molecule has 18 heavy (non-hydrogen) atoms. The Morgan fingerprint density at radius 2 is 2.11 bits per heavy atom. The predicted octanol–water partition coefficient (Wildman–Crippen LogP) is 1.94. The van der Waals surface area contributed by atoms with Crippen LogP contribution in [0.4, 0.5) is 5.69 Å². The molecule has 0 spiro atoms. The number of hydrogen-bond acceptors (Lipinski definition) is 4. The van der Waals surface area contributed by atoms with Crippen molar-refractivity contribution in [2.45, 2.75) is 19.4 Å². The number of likely N-dealkylation sites (tertiary alicyclic amines) is 1. The summed E-state index contributed by atoms with van der Waals surface area (Å²) in [5.41, 5.74) is 7.10. The van der Waals surface area contributed by atoms with E-state index < -0.39 is 0 Å². The molecule has 0 bridgehead atoms. The summed E-state index contributed by atoms with van der Waals surface area (Å²) in [5.74, 6) is 0.450. The molecule has 2 atom stereocenters. The van der Waals surface area contributed by atoms with Crippen LogP contribution in [0.2, 0.25) is 0 Å².